The smallest absolute Gasteiger partial charge is 0.262 e. The number of halogens is 2. The van der Waals surface area contributed by atoms with E-state index in [0.29, 0.717) is 23.2 Å². The molecule has 0 aromatic heterocycles. The highest BCUT2D eigenvalue weighted by Gasteiger charge is 2.16. The number of benzene rings is 2. The van der Waals surface area contributed by atoms with Gasteiger partial charge in [-0.15, -0.1) is 0 Å². The molecule has 2 rings (SSSR count). The third-order valence-corrected chi connectivity index (χ3v) is 4.45. The number of carbonyl (C=O) groups excluding carboxylic acids is 2. The van der Waals surface area contributed by atoms with Crippen LogP contribution in [0.15, 0.2) is 54.7 Å². The van der Waals surface area contributed by atoms with Gasteiger partial charge in [0.1, 0.15) is 11.6 Å². The maximum absolute atomic E-state index is 13.3. The summed E-state index contributed by atoms with van der Waals surface area (Å²) in [6.07, 6.45) is 0.328. The molecule has 0 saturated carbocycles. The Bertz CT molecular complexity index is 924. The molecule has 8 heteroatoms. The van der Waals surface area contributed by atoms with Crippen molar-refractivity contribution in [1.29, 1.82) is 0 Å². The third kappa shape index (κ3) is 7.17. The van der Waals surface area contributed by atoms with E-state index in [4.69, 9.17) is 16.3 Å². The van der Waals surface area contributed by atoms with Gasteiger partial charge in [-0.25, -0.2) is 4.39 Å². The van der Waals surface area contributed by atoms with Gasteiger partial charge in [0.05, 0.1) is 10.6 Å². The van der Waals surface area contributed by atoms with Gasteiger partial charge in [0.15, 0.2) is 6.61 Å². The molecule has 30 heavy (non-hydrogen) atoms. The molecule has 2 amide bonds. The number of nitrogens with one attached hydrogen (secondary N) is 2. The van der Waals surface area contributed by atoms with Crippen molar-refractivity contribution in [2.45, 2.75) is 25.9 Å². The van der Waals surface area contributed by atoms with E-state index in [0.717, 1.165) is 6.07 Å². The molecule has 2 aromatic carbocycles. The Kier molecular flexibility index (Phi) is 7.97. The second-order valence-corrected chi connectivity index (χ2v) is 7.57. The van der Waals surface area contributed by atoms with Crippen LogP contribution in [0.5, 0.6) is 5.75 Å². The minimum absolute atomic E-state index is 0.0320. The summed E-state index contributed by atoms with van der Waals surface area (Å²) in [6.45, 7) is 7.03. The molecule has 0 radical (unpaired) electrons. The molecule has 0 heterocycles. The Morgan fingerprint density at radius 3 is 2.47 bits per heavy atom. The Hall–Kier alpha value is -2.90. The second kappa shape index (κ2) is 10.2. The largest absolute Gasteiger partial charge is 0.484 e. The number of rotatable bonds is 9. The van der Waals surface area contributed by atoms with E-state index >= 15 is 0 Å². The van der Waals surface area contributed by atoms with Gasteiger partial charge in [0, 0.05) is 30.3 Å². The monoisotopic (exact) mass is 434 g/mol. The number of ether oxygens (including phenoxy) is 1. The van der Waals surface area contributed by atoms with Crippen LogP contribution in [-0.2, 0) is 10.4 Å². The van der Waals surface area contributed by atoms with E-state index in [-0.39, 0.29) is 29.8 Å². The van der Waals surface area contributed by atoms with Crippen LogP contribution in [0.3, 0.4) is 0 Å². The molecule has 0 aliphatic rings. The summed E-state index contributed by atoms with van der Waals surface area (Å²) >= 11 is 5.59. The van der Waals surface area contributed by atoms with Crippen LogP contribution in [0.25, 0.3) is 0 Å². The minimum Gasteiger partial charge on any atom is -0.484 e. The van der Waals surface area contributed by atoms with Crippen molar-refractivity contribution in [3.8, 4) is 5.75 Å². The number of aliphatic hydroxyl groups is 1. The van der Waals surface area contributed by atoms with E-state index in [1.165, 1.54) is 12.1 Å². The minimum atomic E-state index is -0.976. The standard InChI is InChI=1S/C22H24ClFN2O4/c1-14(26-20(27)13-30-17-8-9-18(23)19(24)12-17)10-11-25-21(28)15-4-6-16(7-5-15)22(2,3)29/h4-9,12,29H,1,10-11,13H2,2-3H3,(H,25,28)(H,26,27). The lowest BCUT2D eigenvalue weighted by Crippen LogP contribution is -2.31. The average molecular weight is 435 g/mol. The molecule has 0 atom stereocenters. The Morgan fingerprint density at radius 1 is 1.20 bits per heavy atom. The van der Waals surface area contributed by atoms with Gasteiger partial charge in [-0.05, 0) is 43.7 Å². The van der Waals surface area contributed by atoms with Gasteiger partial charge in [0.25, 0.3) is 11.8 Å². The van der Waals surface area contributed by atoms with E-state index in [2.05, 4.69) is 17.2 Å². The number of amides is 2. The van der Waals surface area contributed by atoms with E-state index in [1.807, 2.05) is 0 Å². The van der Waals surface area contributed by atoms with E-state index in [1.54, 1.807) is 38.1 Å². The molecule has 0 fully saturated rings. The zero-order chi connectivity index (χ0) is 22.3. The lowest BCUT2D eigenvalue weighted by atomic mass is 9.97. The first-order valence-electron chi connectivity index (χ1n) is 9.23. The van der Waals surface area contributed by atoms with Crippen LogP contribution >= 0.6 is 11.6 Å². The van der Waals surface area contributed by atoms with Gasteiger partial charge < -0.3 is 20.5 Å². The van der Waals surface area contributed by atoms with Gasteiger partial charge >= 0.3 is 0 Å². The third-order valence-electron chi connectivity index (χ3n) is 4.14. The van der Waals surface area contributed by atoms with Crippen LogP contribution in [0, 0.1) is 5.82 Å². The highest BCUT2D eigenvalue weighted by Crippen LogP contribution is 2.20. The number of hydrogen-bond donors (Lipinski definition) is 3. The summed E-state index contributed by atoms with van der Waals surface area (Å²) in [7, 11) is 0. The van der Waals surface area contributed by atoms with E-state index < -0.39 is 17.3 Å². The van der Waals surface area contributed by atoms with Crippen molar-refractivity contribution < 1.29 is 23.8 Å². The maximum atomic E-state index is 13.3. The fraction of sp³-hybridized carbons (Fsp3) is 0.273. The molecule has 0 saturated heterocycles. The molecule has 0 unspecified atom stereocenters. The lowest BCUT2D eigenvalue weighted by Gasteiger charge is -2.17. The Morgan fingerprint density at radius 2 is 1.87 bits per heavy atom. The molecule has 0 aliphatic carbocycles. The van der Waals surface area contributed by atoms with Crippen molar-refractivity contribution in [3.63, 3.8) is 0 Å². The first-order valence-corrected chi connectivity index (χ1v) is 9.60. The molecule has 0 spiro atoms. The van der Waals surface area contributed by atoms with Gasteiger partial charge in [-0.2, -0.15) is 0 Å². The summed E-state index contributed by atoms with van der Waals surface area (Å²) < 4.78 is 18.5. The van der Waals surface area contributed by atoms with E-state index in [9.17, 15) is 19.1 Å². The average Bonchev–Trinajstić information content (AvgIpc) is 2.68. The van der Waals surface area contributed by atoms with Gasteiger partial charge in [-0.3, -0.25) is 9.59 Å². The zero-order valence-electron chi connectivity index (χ0n) is 16.8. The predicted molar refractivity (Wildman–Crippen MR) is 113 cm³/mol. The molecule has 0 aliphatic heterocycles. The molecular weight excluding hydrogens is 411 g/mol. The Labute approximate surface area is 179 Å². The Balaban J connectivity index is 1.71. The summed E-state index contributed by atoms with van der Waals surface area (Å²) in [5.74, 6) is -1.18. The van der Waals surface area contributed by atoms with Crippen LogP contribution in [0.1, 0.15) is 36.2 Å². The normalized spacial score (nSPS) is 11.0. The number of hydrogen-bond acceptors (Lipinski definition) is 4. The van der Waals surface area contributed by atoms with Crippen molar-refractivity contribution in [2.24, 2.45) is 0 Å². The van der Waals surface area contributed by atoms with Crippen molar-refractivity contribution >= 4 is 23.4 Å². The lowest BCUT2D eigenvalue weighted by molar-refractivity contribution is -0.122. The first kappa shape index (κ1) is 23.4. The van der Waals surface area contributed by atoms with Crippen molar-refractivity contribution in [2.75, 3.05) is 13.2 Å². The van der Waals surface area contributed by atoms with Crippen LogP contribution in [-0.4, -0.2) is 30.1 Å². The fourth-order valence-electron chi connectivity index (χ4n) is 2.47. The number of carbonyl (C=O) groups is 2. The van der Waals surface area contributed by atoms with Crippen molar-refractivity contribution in [3.05, 3.63) is 76.7 Å². The van der Waals surface area contributed by atoms with Gasteiger partial charge in [-0.1, -0.05) is 30.3 Å². The molecule has 3 N–H and O–H groups in total. The molecule has 0 bridgehead atoms. The van der Waals surface area contributed by atoms with Crippen LogP contribution < -0.4 is 15.4 Å². The zero-order valence-corrected chi connectivity index (χ0v) is 17.6. The maximum Gasteiger partial charge on any atom is 0.262 e. The molecule has 6 nitrogen and oxygen atoms in total. The quantitative estimate of drug-likeness (QED) is 0.563. The van der Waals surface area contributed by atoms with Gasteiger partial charge in [0.2, 0.25) is 0 Å². The highest BCUT2D eigenvalue weighted by molar-refractivity contribution is 6.30. The van der Waals surface area contributed by atoms with Crippen molar-refractivity contribution in [1.82, 2.24) is 10.6 Å². The highest BCUT2D eigenvalue weighted by atomic mass is 35.5. The molecule has 2 aromatic rings. The van der Waals surface area contributed by atoms with Crippen LogP contribution in [0.2, 0.25) is 5.02 Å². The second-order valence-electron chi connectivity index (χ2n) is 7.16. The molecular formula is C22H24ClFN2O4. The predicted octanol–water partition coefficient (Wildman–Crippen LogP) is 3.54. The SMILES string of the molecule is C=C(CCNC(=O)c1ccc(C(C)(C)O)cc1)NC(=O)COc1ccc(Cl)c(F)c1. The summed E-state index contributed by atoms with van der Waals surface area (Å²) in [6, 6.07) is 10.5. The van der Waals surface area contributed by atoms with Crippen LogP contribution in [0.4, 0.5) is 4.39 Å². The summed E-state index contributed by atoms with van der Waals surface area (Å²) in [4.78, 5) is 24.1. The fourth-order valence-corrected chi connectivity index (χ4v) is 2.59. The first-order chi connectivity index (χ1) is 14.1. The summed E-state index contributed by atoms with van der Waals surface area (Å²) in [5.41, 5.74) is 0.597. The molecule has 160 valence electrons. The topological polar surface area (TPSA) is 87.7 Å². The summed E-state index contributed by atoms with van der Waals surface area (Å²) in [5, 5.41) is 15.2.